The first-order valence-electron chi connectivity index (χ1n) is 8.67. The van der Waals surface area contributed by atoms with Gasteiger partial charge in [0.2, 0.25) is 0 Å². The lowest BCUT2D eigenvalue weighted by atomic mass is 10.1. The Morgan fingerprint density at radius 1 is 1.08 bits per heavy atom. The smallest absolute Gasteiger partial charge is 0.257 e. The number of carbonyl (C=O) groups is 1. The van der Waals surface area contributed by atoms with Crippen LogP contribution in [0.4, 0.5) is 5.82 Å². The fraction of sp³-hybridized carbons (Fsp3) is 0.400. The fourth-order valence-electron chi connectivity index (χ4n) is 2.51. The van der Waals surface area contributed by atoms with Gasteiger partial charge < -0.3 is 15.1 Å². The van der Waals surface area contributed by atoms with Crippen molar-refractivity contribution in [3.63, 3.8) is 0 Å². The fourth-order valence-corrected chi connectivity index (χ4v) is 2.51. The summed E-state index contributed by atoms with van der Waals surface area (Å²) in [4.78, 5) is 21.5. The summed E-state index contributed by atoms with van der Waals surface area (Å²) in [6, 6.07) is 13.9. The Labute approximate surface area is 150 Å². The number of amides is 1. The molecule has 0 unspecified atom stereocenters. The van der Waals surface area contributed by atoms with Gasteiger partial charge in [0, 0.05) is 31.9 Å². The van der Waals surface area contributed by atoms with Crippen LogP contribution in [0, 0.1) is 0 Å². The zero-order valence-electron chi connectivity index (χ0n) is 15.6. The highest BCUT2D eigenvalue weighted by Crippen LogP contribution is 2.17. The van der Waals surface area contributed by atoms with Gasteiger partial charge in [-0.1, -0.05) is 30.3 Å². The molecule has 0 aliphatic rings. The van der Waals surface area contributed by atoms with Crippen LogP contribution in [0.25, 0.3) is 0 Å². The molecule has 5 nitrogen and oxygen atoms in total. The second-order valence-electron chi connectivity index (χ2n) is 6.71. The van der Waals surface area contributed by atoms with Gasteiger partial charge in [-0.3, -0.25) is 4.79 Å². The van der Waals surface area contributed by atoms with Gasteiger partial charge in [-0.25, -0.2) is 4.98 Å². The number of aromatic nitrogens is 1. The minimum atomic E-state index is 0.00181. The molecule has 0 aliphatic heterocycles. The van der Waals surface area contributed by atoms with E-state index < -0.39 is 0 Å². The average molecular weight is 340 g/mol. The third-order valence-corrected chi connectivity index (χ3v) is 3.78. The molecule has 1 aromatic heterocycles. The van der Waals surface area contributed by atoms with Gasteiger partial charge in [0.05, 0.1) is 5.56 Å². The summed E-state index contributed by atoms with van der Waals surface area (Å²) in [6.07, 6.45) is 1.71. The molecule has 2 rings (SSSR count). The average Bonchev–Trinajstić information content (AvgIpc) is 2.58. The van der Waals surface area contributed by atoms with E-state index in [0.717, 1.165) is 12.1 Å². The minimum absolute atomic E-state index is 0.00181. The molecule has 0 fully saturated rings. The second-order valence-corrected chi connectivity index (χ2v) is 6.71. The molecule has 0 aliphatic carbocycles. The van der Waals surface area contributed by atoms with Crippen LogP contribution in [0.1, 0.15) is 29.8 Å². The lowest BCUT2D eigenvalue weighted by Crippen LogP contribution is -2.36. The van der Waals surface area contributed by atoms with Crippen molar-refractivity contribution in [3.05, 3.63) is 59.8 Å². The first-order valence-corrected chi connectivity index (χ1v) is 8.67. The Hall–Kier alpha value is -2.40. The number of anilines is 1. The van der Waals surface area contributed by atoms with E-state index in [1.807, 2.05) is 75.3 Å². The van der Waals surface area contributed by atoms with E-state index in [2.05, 4.69) is 15.2 Å². The number of carbonyl (C=O) groups excluding carboxylic acids is 1. The number of hydrogen-bond acceptors (Lipinski definition) is 4. The van der Waals surface area contributed by atoms with E-state index in [0.29, 0.717) is 24.5 Å². The van der Waals surface area contributed by atoms with Gasteiger partial charge in [0.25, 0.3) is 5.91 Å². The van der Waals surface area contributed by atoms with Gasteiger partial charge in [-0.15, -0.1) is 0 Å². The van der Waals surface area contributed by atoms with Crippen molar-refractivity contribution in [3.8, 4) is 0 Å². The Bertz CT molecular complexity index is 670. The van der Waals surface area contributed by atoms with E-state index in [1.54, 1.807) is 6.20 Å². The Morgan fingerprint density at radius 3 is 2.44 bits per heavy atom. The molecule has 0 spiro atoms. The number of pyridine rings is 1. The predicted molar refractivity (Wildman–Crippen MR) is 103 cm³/mol. The van der Waals surface area contributed by atoms with Crippen molar-refractivity contribution in [2.75, 3.05) is 32.5 Å². The largest absolute Gasteiger partial charge is 0.367 e. The lowest BCUT2D eigenvalue weighted by molar-refractivity contribution is 0.0732. The van der Waals surface area contributed by atoms with Gasteiger partial charge >= 0.3 is 0 Å². The number of hydrogen-bond donors (Lipinski definition) is 1. The topological polar surface area (TPSA) is 48.5 Å². The van der Waals surface area contributed by atoms with Crippen LogP contribution in [0.3, 0.4) is 0 Å². The number of benzene rings is 1. The maximum atomic E-state index is 13.2. The van der Waals surface area contributed by atoms with Crippen molar-refractivity contribution in [2.45, 2.75) is 26.4 Å². The molecule has 0 saturated carbocycles. The summed E-state index contributed by atoms with van der Waals surface area (Å²) >= 11 is 0. The third kappa shape index (κ3) is 5.87. The molecule has 1 N–H and O–H groups in total. The monoisotopic (exact) mass is 340 g/mol. The predicted octanol–water partition coefficient (Wildman–Crippen LogP) is 3.11. The SMILES string of the molecule is CC(C)Nc1ncccc1C(=O)N(CCN(C)C)Cc1ccccc1. The standard InChI is InChI=1S/C20H28N4O/c1-16(2)22-19-18(11-8-12-21-19)20(25)24(14-13-23(3)4)15-17-9-6-5-7-10-17/h5-12,16H,13-15H2,1-4H3,(H,21,22). The first kappa shape index (κ1) is 18.9. The molecule has 0 atom stereocenters. The molecule has 0 saturated heterocycles. The number of nitrogens with zero attached hydrogens (tertiary/aromatic N) is 3. The highest BCUT2D eigenvalue weighted by molar-refractivity contribution is 5.98. The van der Waals surface area contributed by atoms with Crippen molar-refractivity contribution in [1.29, 1.82) is 0 Å². The summed E-state index contributed by atoms with van der Waals surface area (Å²) in [5.74, 6) is 0.646. The summed E-state index contributed by atoms with van der Waals surface area (Å²) in [5, 5.41) is 3.27. The summed E-state index contributed by atoms with van der Waals surface area (Å²) in [7, 11) is 4.03. The molecule has 1 heterocycles. The van der Waals surface area contributed by atoms with Crippen molar-refractivity contribution in [1.82, 2.24) is 14.8 Å². The molecule has 5 heteroatoms. The van der Waals surface area contributed by atoms with Crippen LogP contribution >= 0.6 is 0 Å². The van der Waals surface area contributed by atoms with E-state index in [-0.39, 0.29) is 11.9 Å². The molecular weight excluding hydrogens is 312 g/mol. The molecule has 25 heavy (non-hydrogen) atoms. The molecule has 0 radical (unpaired) electrons. The van der Waals surface area contributed by atoms with Crippen LogP contribution in [0.2, 0.25) is 0 Å². The van der Waals surface area contributed by atoms with Crippen LogP contribution in [0.5, 0.6) is 0 Å². The molecule has 1 amide bonds. The summed E-state index contributed by atoms with van der Waals surface area (Å²) in [5.41, 5.74) is 1.74. The maximum absolute atomic E-state index is 13.2. The molecule has 2 aromatic rings. The van der Waals surface area contributed by atoms with Crippen LogP contribution < -0.4 is 5.32 Å². The normalized spacial score (nSPS) is 11.0. The van der Waals surface area contributed by atoms with Gasteiger partial charge in [-0.2, -0.15) is 0 Å². The second kappa shape index (κ2) is 9.18. The minimum Gasteiger partial charge on any atom is -0.367 e. The maximum Gasteiger partial charge on any atom is 0.257 e. The highest BCUT2D eigenvalue weighted by atomic mass is 16.2. The van der Waals surface area contributed by atoms with Crippen LogP contribution in [-0.4, -0.2) is 53.9 Å². The van der Waals surface area contributed by atoms with Gasteiger partial charge in [0.1, 0.15) is 5.82 Å². The van der Waals surface area contributed by atoms with Crippen LogP contribution in [0.15, 0.2) is 48.7 Å². The van der Waals surface area contributed by atoms with Crippen molar-refractivity contribution >= 4 is 11.7 Å². The number of likely N-dealkylation sites (N-methyl/N-ethyl adjacent to an activating group) is 1. The number of nitrogens with one attached hydrogen (secondary N) is 1. The van der Waals surface area contributed by atoms with Crippen LogP contribution in [-0.2, 0) is 6.54 Å². The Morgan fingerprint density at radius 2 is 1.80 bits per heavy atom. The lowest BCUT2D eigenvalue weighted by Gasteiger charge is -2.25. The number of rotatable bonds is 8. The molecule has 0 bridgehead atoms. The zero-order valence-corrected chi connectivity index (χ0v) is 15.6. The van der Waals surface area contributed by atoms with Gasteiger partial charge in [0.15, 0.2) is 0 Å². The van der Waals surface area contributed by atoms with E-state index in [4.69, 9.17) is 0 Å². The first-order chi connectivity index (χ1) is 12.0. The van der Waals surface area contributed by atoms with Gasteiger partial charge in [-0.05, 0) is 45.6 Å². The molecule has 1 aromatic carbocycles. The van der Waals surface area contributed by atoms with E-state index in [1.165, 1.54) is 0 Å². The Balaban J connectivity index is 2.25. The quantitative estimate of drug-likeness (QED) is 0.802. The van der Waals surface area contributed by atoms with Crippen molar-refractivity contribution < 1.29 is 4.79 Å². The zero-order chi connectivity index (χ0) is 18.2. The summed E-state index contributed by atoms with van der Waals surface area (Å²) < 4.78 is 0. The van der Waals surface area contributed by atoms with E-state index >= 15 is 0 Å². The molecule has 134 valence electrons. The highest BCUT2D eigenvalue weighted by Gasteiger charge is 2.20. The summed E-state index contributed by atoms with van der Waals surface area (Å²) in [6.45, 7) is 6.14. The third-order valence-electron chi connectivity index (χ3n) is 3.78. The van der Waals surface area contributed by atoms with E-state index in [9.17, 15) is 4.79 Å². The van der Waals surface area contributed by atoms with Crippen molar-refractivity contribution in [2.24, 2.45) is 0 Å². The molecular formula is C20H28N4O. The Kier molecular flexibility index (Phi) is 6.95.